The van der Waals surface area contributed by atoms with E-state index in [1.165, 1.54) is 25.1 Å². The lowest BCUT2D eigenvalue weighted by atomic mass is 10.1. The summed E-state index contributed by atoms with van der Waals surface area (Å²) < 4.78 is 38.4. The monoisotopic (exact) mass is 405 g/mol. The summed E-state index contributed by atoms with van der Waals surface area (Å²) in [5.74, 6) is -0.0281. The van der Waals surface area contributed by atoms with E-state index in [9.17, 15) is 18.0 Å². The number of aliphatic imine (C=N–C) groups is 1. The van der Waals surface area contributed by atoms with E-state index in [4.69, 9.17) is 5.73 Å². The Morgan fingerprint density at radius 3 is 2.41 bits per heavy atom. The molecule has 0 saturated heterocycles. The molecule has 1 amide bonds. The van der Waals surface area contributed by atoms with Crippen LogP contribution in [-0.4, -0.2) is 12.1 Å². The van der Waals surface area contributed by atoms with Crippen molar-refractivity contribution in [2.75, 3.05) is 11.1 Å². The number of nitrogens with one attached hydrogen (secondary N) is 1. The molecule has 4 nitrogen and oxygen atoms in total. The molecule has 29 heavy (non-hydrogen) atoms. The minimum atomic E-state index is -4.45. The van der Waals surface area contributed by atoms with Crippen LogP contribution >= 0.6 is 0 Å². The van der Waals surface area contributed by atoms with Crippen LogP contribution in [0.2, 0.25) is 0 Å². The van der Waals surface area contributed by atoms with Crippen LogP contribution < -0.4 is 11.1 Å². The molecule has 2 aromatic rings. The maximum Gasteiger partial charge on any atom is 0.416 e. The molecular formula is C22H26F3N3O. The first kappa shape index (κ1) is 22.5. The molecule has 3 N–H and O–H groups in total. The van der Waals surface area contributed by atoms with Gasteiger partial charge in [0.1, 0.15) is 0 Å². The second-order valence-electron chi connectivity index (χ2n) is 6.86. The van der Waals surface area contributed by atoms with Crippen molar-refractivity contribution in [2.24, 2.45) is 4.99 Å². The van der Waals surface area contributed by atoms with Crippen LogP contribution in [0.25, 0.3) is 0 Å². The van der Waals surface area contributed by atoms with E-state index < -0.39 is 11.7 Å². The van der Waals surface area contributed by atoms with Crippen molar-refractivity contribution in [3.05, 3.63) is 53.6 Å². The molecule has 0 spiro atoms. The third-order valence-electron chi connectivity index (χ3n) is 4.41. The van der Waals surface area contributed by atoms with Gasteiger partial charge >= 0.3 is 6.18 Å². The van der Waals surface area contributed by atoms with E-state index in [1.807, 2.05) is 0 Å². The second kappa shape index (κ2) is 10.6. The van der Waals surface area contributed by atoms with Crippen molar-refractivity contribution < 1.29 is 18.0 Å². The number of anilines is 2. The lowest BCUT2D eigenvalue weighted by Gasteiger charge is -2.08. The summed E-state index contributed by atoms with van der Waals surface area (Å²) in [6.07, 6.45) is 2.90. The topological polar surface area (TPSA) is 67.5 Å². The number of halogens is 3. The van der Waals surface area contributed by atoms with E-state index >= 15 is 0 Å². The maximum atomic E-state index is 12.8. The molecule has 0 aliphatic heterocycles. The number of alkyl halides is 3. The molecule has 0 fully saturated rings. The molecule has 0 saturated carbocycles. The molecule has 156 valence electrons. The van der Waals surface area contributed by atoms with Gasteiger partial charge in [-0.25, -0.2) is 0 Å². The number of nitrogens with zero attached hydrogens (tertiary/aromatic N) is 1. The number of nitrogens with two attached hydrogens (primary N) is 1. The highest BCUT2D eigenvalue weighted by Gasteiger charge is 2.30. The second-order valence-corrected chi connectivity index (χ2v) is 6.86. The molecular weight excluding hydrogens is 379 g/mol. The Morgan fingerprint density at radius 2 is 1.76 bits per heavy atom. The normalized spacial score (nSPS) is 11.7. The SMILES string of the molecule is CCCCCCCC(=O)Nc1ccc(C=Nc2cc(C(F)(F)F)ccc2N)cc1. The van der Waals surface area contributed by atoms with Crippen LogP contribution in [0, 0.1) is 0 Å². The van der Waals surface area contributed by atoms with Crippen molar-refractivity contribution in [1.29, 1.82) is 0 Å². The minimum Gasteiger partial charge on any atom is -0.397 e. The zero-order valence-corrected chi connectivity index (χ0v) is 16.4. The molecule has 0 atom stereocenters. The number of carbonyl (C=O) groups is 1. The molecule has 0 aliphatic carbocycles. The molecule has 2 rings (SSSR count). The summed E-state index contributed by atoms with van der Waals surface area (Å²) in [6, 6.07) is 9.94. The Balaban J connectivity index is 1.93. The highest BCUT2D eigenvalue weighted by molar-refractivity contribution is 5.91. The first-order chi connectivity index (χ1) is 13.8. The number of hydrogen-bond acceptors (Lipinski definition) is 3. The van der Waals surface area contributed by atoms with E-state index in [0.717, 1.165) is 31.4 Å². The summed E-state index contributed by atoms with van der Waals surface area (Å²) in [5.41, 5.74) is 6.48. The Morgan fingerprint density at radius 1 is 1.07 bits per heavy atom. The first-order valence-corrected chi connectivity index (χ1v) is 9.70. The minimum absolute atomic E-state index is 0.0281. The average Bonchev–Trinajstić information content (AvgIpc) is 2.67. The van der Waals surface area contributed by atoms with Crippen LogP contribution in [0.3, 0.4) is 0 Å². The number of carbonyl (C=O) groups excluding carboxylic acids is 1. The third kappa shape index (κ3) is 7.60. The predicted molar refractivity (Wildman–Crippen MR) is 112 cm³/mol. The standard InChI is InChI=1S/C22H26F3N3O/c1-2-3-4-5-6-7-21(29)28-18-11-8-16(9-12-18)15-27-20-14-17(22(23,24)25)10-13-19(20)26/h8-15H,2-7,26H2,1H3,(H,28,29). The number of rotatable bonds is 9. The fraction of sp³-hybridized carbons (Fsp3) is 0.364. The highest BCUT2D eigenvalue weighted by Crippen LogP contribution is 2.34. The van der Waals surface area contributed by atoms with Crippen molar-refractivity contribution in [2.45, 2.75) is 51.6 Å². The zero-order valence-electron chi connectivity index (χ0n) is 16.4. The number of unbranched alkanes of at least 4 members (excludes halogenated alkanes) is 4. The van der Waals surface area contributed by atoms with Gasteiger partial charge in [0.2, 0.25) is 5.91 Å². The van der Waals surface area contributed by atoms with Gasteiger partial charge in [0.15, 0.2) is 0 Å². The van der Waals surface area contributed by atoms with Crippen LogP contribution in [-0.2, 0) is 11.0 Å². The Hall–Kier alpha value is -2.83. The summed E-state index contributed by atoms with van der Waals surface area (Å²) >= 11 is 0. The van der Waals surface area contributed by atoms with E-state index in [1.54, 1.807) is 24.3 Å². The maximum absolute atomic E-state index is 12.8. The lowest BCUT2D eigenvalue weighted by Crippen LogP contribution is -2.10. The average molecular weight is 405 g/mol. The summed E-state index contributed by atoms with van der Waals surface area (Å²) in [7, 11) is 0. The molecule has 0 aliphatic rings. The molecule has 2 aromatic carbocycles. The van der Waals surface area contributed by atoms with Gasteiger partial charge in [-0.05, 0) is 42.3 Å². The molecule has 0 unspecified atom stereocenters. The fourth-order valence-electron chi connectivity index (χ4n) is 2.74. The predicted octanol–water partition coefficient (Wildman–Crippen LogP) is 6.34. The zero-order chi connectivity index (χ0) is 21.3. The quantitative estimate of drug-likeness (QED) is 0.290. The number of hydrogen-bond donors (Lipinski definition) is 2. The van der Waals surface area contributed by atoms with Gasteiger partial charge in [0.25, 0.3) is 0 Å². The summed E-state index contributed by atoms with van der Waals surface area (Å²) in [5, 5.41) is 2.84. The van der Waals surface area contributed by atoms with Gasteiger partial charge in [-0.1, -0.05) is 44.7 Å². The summed E-state index contributed by atoms with van der Waals surface area (Å²) in [4.78, 5) is 16.0. The Bertz CT molecular complexity index is 830. The van der Waals surface area contributed by atoms with E-state index in [0.29, 0.717) is 17.7 Å². The van der Waals surface area contributed by atoms with Crippen molar-refractivity contribution in [1.82, 2.24) is 0 Å². The van der Waals surface area contributed by atoms with Gasteiger partial charge in [-0.15, -0.1) is 0 Å². The van der Waals surface area contributed by atoms with Gasteiger partial charge < -0.3 is 11.1 Å². The van der Waals surface area contributed by atoms with Gasteiger partial charge in [0, 0.05) is 18.3 Å². The molecule has 0 radical (unpaired) electrons. The van der Waals surface area contributed by atoms with Crippen LogP contribution in [0.15, 0.2) is 47.5 Å². The van der Waals surface area contributed by atoms with Crippen molar-refractivity contribution in [3.63, 3.8) is 0 Å². The molecule has 7 heteroatoms. The summed E-state index contributed by atoms with van der Waals surface area (Å²) in [6.45, 7) is 2.15. The van der Waals surface area contributed by atoms with Crippen LogP contribution in [0.1, 0.15) is 56.6 Å². The molecule has 0 heterocycles. The van der Waals surface area contributed by atoms with E-state index in [-0.39, 0.29) is 17.3 Å². The largest absolute Gasteiger partial charge is 0.416 e. The first-order valence-electron chi connectivity index (χ1n) is 9.70. The Labute approximate surface area is 169 Å². The van der Waals surface area contributed by atoms with Gasteiger partial charge in [-0.2, -0.15) is 13.2 Å². The van der Waals surface area contributed by atoms with Crippen LogP contribution in [0.4, 0.5) is 30.2 Å². The number of benzene rings is 2. The van der Waals surface area contributed by atoms with E-state index in [2.05, 4.69) is 17.2 Å². The number of amides is 1. The molecule has 0 bridgehead atoms. The third-order valence-corrected chi connectivity index (χ3v) is 4.41. The van der Waals surface area contributed by atoms with Gasteiger partial charge in [-0.3, -0.25) is 9.79 Å². The molecule has 0 aromatic heterocycles. The Kier molecular flexibility index (Phi) is 8.24. The van der Waals surface area contributed by atoms with Crippen molar-refractivity contribution in [3.8, 4) is 0 Å². The number of nitrogen functional groups attached to an aromatic ring is 1. The van der Waals surface area contributed by atoms with Gasteiger partial charge in [0.05, 0.1) is 16.9 Å². The fourth-order valence-corrected chi connectivity index (χ4v) is 2.74. The van der Waals surface area contributed by atoms with Crippen molar-refractivity contribution >= 4 is 29.2 Å². The highest BCUT2D eigenvalue weighted by atomic mass is 19.4. The smallest absolute Gasteiger partial charge is 0.397 e. The van der Waals surface area contributed by atoms with Crippen LogP contribution in [0.5, 0.6) is 0 Å². The lowest BCUT2D eigenvalue weighted by molar-refractivity contribution is -0.137.